The summed E-state index contributed by atoms with van der Waals surface area (Å²) in [5.74, 6) is 0.00737. The molecular formula is C19H22N3OS2+. The van der Waals surface area contributed by atoms with Gasteiger partial charge >= 0.3 is 0 Å². The number of benzene rings is 2. The number of rotatable bonds is 6. The summed E-state index contributed by atoms with van der Waals surface area (Å²) in [5.41, 5.74) is 1.64. The Labute approximate surface area is 156 Å². The van der Waals surface area contributed by atoms with E-state index in [1.54, 1.807) is 23.1 Å². The smallest absolute Gasteiger partial charge is 0.260 e. The van der Waals surface area contributed by atoms with Gasteiger partial charge in [0.2, 0.25) is 0 Å². The molecule has 0 atom stereocenters. The number of nitrogens with one attached hydrogen (secondary N) is 1. The zero-order chi connectivity index (χ0) is 17.8. The molecule has 1 N–H and O–H groups in total. The van der Waals surface area contributed by atoms with Gasteiger partial charge in [-0.05, 0) is 42.7 Å². The van der Waals surface area contributed by atoms with Crippen LogP contribution < -0.4 is 9.80 Å². The number of fused-ring (bicyclic) bond motifs is 1. The van der Waals surface area contributed by atoms with Crippen LogP contribution in [0.5, 0.6) is 0 Å². The molecule has 0 bridgehead atoms. The first-order valence-electron chi connectivity index (χ1n) is 8.19. The summed E-state index contributed by atoms with van der Waals surface area (Å²) in [4.78, 5) is 22.1. The fourth-order valence-corrected chi connectivity index (χ4v) is 3.88. The quantitative estimate of drug-likeness (QED) is 0.676. The van der Waals surface area contributed by atoms with Crippen molar-refractivity contribution in [1.82, 2.24) is 4.98 Å². The highest BCUT2D eigenvalue weighted by Crippen LogP contribution is 2.29. The second-order valence-electron chi connectivity index (χ2n) is 6.11. The van der Waals surface area contributed by atoms with Crippen LogP contribution >= 0.6 is 23.1 Å². The molecule has 0 spiro atoms. The Balaban J connectivity index is 1.93. The van der Waals surface area contributed by atoms with Gasteiger partial charge in [-0.1, -0.05) is 23.5 Å². The number of hydrogen-bond donors (Lipinski definition) is 1. The van der Waals surface area contributed by atoms with E-state index in [9.17, 15) is 4.79 Å². The van der Waals surface area contributed by atoms with Crippen LogP contribution in [0.25, 0.3) is 10.2 Å². The van der Waals surface area contributed by atoms with Gasteiger partial charge in [-0.3, -0.25) is 9.69 Å². The molecule has 25 heavy (non-hydrogen) atoms. The summed E-state index contributed by atoms with van der Waals surface area (Å²) >= 11 is 3.24. The van der Waals surface area contributed by atoms with Crippen LogP contribution in [0.3, 0.4) is 0 Å². The van der Waals surface area contributed by atoms with Gasteiger partial charge < -0.3 is 4.90 Å². The molecule has 1 aromatic heterocycles. The SMILES string of the molecule is CSc1ccc(C(=O)N(CC[NH+](C)C)c2nc3ccccc3s2)cc1. The first-order valence-corrected chi connectivity index (χ1v) is 10.2. The number of anilines is 1. The Morgan fingerprint density at radius 3 is 2.52 bits per heavy atom. The predicted molar refractivity (Wildman–Crippen MR) is 107 cm³/mol. The zero-order valence-corrected chi connectivity index (χ0v) is 16.3. The summed E-state index contributed by atoms with van der Waals surface area (Å²) < 4.78 is 1.10. The lowest BCUT2D eigenvalue weighted by Crippen LogP contribution is -3.06. The number of para-hydroxylation sites is 1. The number of aromatic nitrogens is 1. The van der Waals surface area contributed by atoms with Gasteiger partial charge in [-0.2, -0.15) is 0 Å². The molecule has 3 rings (SSSR count). The molecule has 0 aliphatic rings. The van der Waals surface area contributed by atoms with Gasteiger partial charge in [0.1, 0.15) is 0 Å². The molecule has 0 aliphatic heterocycles. The van der Waals surface area contributed by atoms with Crippen molar-refractivity contribution < 1.29 is 9.69 Å². The normalized spacial score (nSPS) is 11.2. The first kappa shape index (κ1) is 17.9. The van der Waals surface area contributed by atoms with Crippen molar-refractivity contribution in [2.24, 2.45) is 0 Å². The molecule has 4 nitrogen and oxygen atoms in total. The molecule has 0 fully saturated rings. The maximum Gasteiger partial charge on any atom is 0.260 e. The second-order valence-corrected chi connectivity index (χ2v) is 8.00. The van der Waals surface area contributed by atoms with Gasteiger partial charge in [0.25, 0.3) is 5.91 Å². The first-order chi connectivity index (χ1) is 12.1. The molecule has 1 amide bonds. The minimum absolute atomic E-state index is 0.00737. The number of thiazole rings is 1. The van der Waals surface area contributed by atoms with Crippen LogP contribution in [0.15, 0.2) is 53.4 Å². The monoisotopic (exact) mass is 372 g/mol. The largest absolute Gasteiger partial charge is 0.338 e. The molecule has 130 valence electrons. The van der Waals surface area contributed by atoms with E-state index in [1.165, 1.54) is 4.90 Å². The molecule has 6 heteroatoms. The number of carbonyl (C=O) groups is 1. The van der Waals surface area contributed by atoms with E-state index in [2.05, 4.69) is 19.1 Å². The van der Waals surface area contributed by atoms with Crippen LogP contribution in [-0.2, 0) is 0 Å². The van der Waals surface area contributed by atoms with Crippen molar-refractivity contribution in [1.29, 1.82) is 0 Å². The molecule has 0 saturated carbocycles. The highest BCUT2D eigenvalue weighted by atomic mass is 32.2. The average molecular weight is 373 g/mol. The third-order valence-corrected chi connectivity index (χ3v) is 5.73. The van der Waals surface area contributed by atoms with Gasteiger partial charge in [0, 0.05) is 10.5 Å². The number of quaternary nitrogens is 1. The van der Waals surface area contributed by atoms with E-state index in [0.717, 1.165) is 26.8 Å². The summed E-state index contributed by atoms with van der Waals surface area (Å²) in [5, 5.41) is 0.765. The second kappa shape index (κ2) is 7.99. The minimum Gasteiger partial charge on any atom is -0.338 e. The fraction of sp³-hybridized carbons (Fsp3) is 0.263. The van der Waals surface area contributed by atoms with Crippen molar-refractivity contribution in [2.45, 2.75) is 4.90 Å². The Hall–Kier alpha value is -1.89. The standard InChI is InChI=1S/C19H21N3OS2/c1-21(2)12-13-22(18(23)14-8-10-15(24-3)11-9-14)19-20-16-6-4-5-7-17(16)25-19/h4-11H,12-13H2,1-3H3/p+1. The van der Waals surface area contributed by atoms with Crippen LogP contribution in [0.2, 0.25) is 0 Å². The van der Waals surface area contributed by atoms with Gasteiger partial charge in [0.05, 0.1) is 37.4 Å². The Bertz CT molecular complexity index is 825. The third kappa shape index (κ3) is 4.21. The van der Waals surface area contributed by atoms with Gasteiger partial charge in [0.15, 0.2) is 5.13 Å². The Morgan fingerprint density at radius 2 is 1.88 bits per heavy atom. The molecule has 1 heterocycles. The molecule has 2 aromatic carbocycles. The van der Waals surface area contributed by atoms with E-state index < -0.39 is 0 Å². The van der Waals surface area contributed by atoms with E-state index >= 15 is 0 Å². The van der Waals surface area contributed by atoms with E-state index in [-0.39, 0.29) is 5.91 Å². The Morgan fingerprint density at radius 1 is 1.16 bits per heavy atom. The van der Waals surface area contributed by atoms with Crippen LogP contribution in [0.4, 0.5) is 5.13 Å². The lowest BCUT2D eigenvalue weighted by molar-refractivity contribution is -0.856. The van der Waals surface area contributed by atoms with Crippen molar-refractivity contribution in [3.8, 4) is 0 Å². The summed E-state index contributed by atoms with van der Waals surface area (Å²) in [6, 6.07) is 15.8. The van der Waals surface area contributed by atoms with Crippen LogP contribution in [0, 0.1) is 0 Å². The third-order valence-electron chi connectivity index (χ3n) is 3.93. The zero-order valence-electron chi connectivity index (χ0n) is 14.7. The van der Waals surface area contributed by atoms with Crippen molar-refractivity contribution >= 4 is 44.4 Å². The molecule has 3 aromatic rings. The Kier molecular flexibility index (Phi) is 5.73. The molecule has 0 unspecified atom stereocenters. The number of hydrogen-bond acceptors (Lipinski definition) is 4. The van der Waals surface area contributed by atoms with Crippen molar-refractivity contribution in [3.05, 3.63) is 54.1 Å². The van der Waals surface area contributed by atoms with Crippen molar-refractivity contribution in [2.75, 3.05) is 38.3 Å². The van der Waals surface area contributed by atoms with Gasteiger partial charge in [-0.15, -0.1) is 11.8 Å². The number of carbonyl (C=O) groups excluding carboxylic acids is 1. The highest BCUT2D eigenvalue weighted by molar-refractivity contribution is 7.98. The fourth-order valence-electron chi connectivity index (χ4n) is 2.48. The molecule has 0 saturated heterocycles. The van der Waals surface area contributed by atoms with Gasteiger partial charge in [-0.25, -0.2) is 4.98 Å². The lowest BCUT2D eigenvalue weighted by Gasteiger charge is -2.20. The predicted octanol–water partition coefficient (Wildman–Crippen LogP) is 2.81. The van der Waals surface area contributed by atoms with E-state index in [1.807, 2.05) is 59.7 Å². The number of nitrogens with zero attached hydrogens (tertiary/aromatic N) is 2. The number of amides is 1. The van der Waals surface area contributed by atoms with E-state index in [4.69, 9.17) is 0 Å². The highest BCUT2D eigenvalue weighted by Gasteiger charge is 2.22. The summed E-state index contributed by atoms with van der Waals surface area (Å²) in [7, 11) is 4.18. The molecular weight excluding hydrogens is 350 g/mol. The number of likely N-dealkylation sites (N-methyl/N-ethyl adjacent to an activating group) is 1. The van der Waals surface area contributed by atoms with E-state index in [0.29, 0.717) is 12.1 Å². The average Bonchev–Trinajstić information content (AvgIpc) is 3.05. The number of thioether (sulfide) groups is 1. The summed E-state index contributed by atoms with van der Waals surface area (Å²) in [6.07, 6.45) is 2.03. The van der Waals surface area contributed by atoms with Crippen LogP contribution in [-0.4, -0.2) is 44.3 Å². The maximum atomic E-state index is 13.1. The minimum atomic E-state index is 0.00737. The van der Waals surface area contributed by atoms with Crippen molar-refractivity contribution in [3.63, 3.8) is 0 Å². The van der Waals surface area contributed by atoms with Crippen LogP contribution in [0.1, 0.15) is 10.4 Å². The molecule has 0 aliphatic carbocycles. The molecule has 0 radical (unpaired) electrons. The lowest BCUT2D eigenvalue weighted by atomic mass is 10.2. The summed E-state index contributed by atoms with van der Waals surface area (Å²) in [6.45, 7) is 1.51. The maximum absolute atomic E-state index is 13.1. The topological polar surface area (TPSA) is 37.6 Å².